The van der Waals surface area contributed by atoms with Gasteiger partial charge in [-0.2, -0.15) is 0 Å². The average Bonchev–Trinajstić information content (AvgIpc) is 3.38. The van der Waals surface area contributed by atoms with Crippen LogP contribution in [-0.4, -0.2) is 47.4 Å². The molecule has 0 saturated heterocycles. The standard InChI is InChI=1S/C66H125NO5/c1-3-5-7-9-11-13-15-17-18-19-20-21-22-25-28-31-35-38-42-46-50-54-58-64(69)63(62-68)67-65(70)59-55-51-47-43-39-36-32-29-26-23-24-27-30-33-37-41-45-49-53-57-61-72-66(71)60-56-52-48-44-40-34-16-14-12-10-8-6-4-2/h8,10,14,16,54,58,63-64,68-69H,3-7,9,11-13,15,17-53,55-57,59-62H2,1-2H3,(H,67,70)/b10-8-,16-14-,58-54+. The Hall–Kier alpha value is -1.92. The molecule has 2 unspecified atom stereocenters. The second-order valence-corrected chi connectivity index (χ2v) is 22.1. The average molecular weight is 1010 g/mol. The van der Waals surface area contributed by atoms with Gasteiger partial charge in [0.15, 0.2) is 0 Å². The fraction of sp³-hybridized carbons (Fsp3) is 0.879. The number of ether oxygens (including phenoxy) is 1. The van der Waals surface area contributed by atoms with Crippen LogP contribution in [0.1, 0.15) is 348 Å². The number of nitrogens with one attached hydrogen (secondary N) is 1. The number of aliphatic hydroxyl groups is 2. The summed E-state index contributed by atoms with van der Waals surface area (Å²) in [4.78, 5) is 24.5. The molecular weight excluding hydrogens is 887 g/mol. The van der Waals surface area contributed by atoms with Crippen LogP contribution in [0.2, 0.25) is 0 Å². The molecule has 6 heteroatoms. The fourth-order valence-electron chi connectivity index (χ4n) is 9.97. The molecule has 6 nitrogen and oxygen atoms in total. The third-order valence-electron chi connectivity index (χ3n) is 14.9. The molecule has 72 heavy (non-hydrogen) atoms. The lowest BCUT2D eigenvalue weighted by Crippen LogP contribution is -2.45. The predicted molar refractivity (Wildman–Crippen MR) is 315 cm³/mol. The molecule has 0 aromatic rings. The van der Waals surface area contributed by atoms with Crippen LogP contribution in [0.25, 0.3) is 0 Å². The maximum absolute atomic E-state index is 12.5. The Morgan fingerprint density at radius 1 is 0.389 bits per heavy atom. The monoisotopic (exact) mass is 1010 g/mol. The minimum atomic E-state index is -0.847. The van der Waals surface area contributed by atoms with Crippen molar-refractivity contribution in [2.75, 3.05) is 13.2 Å². The number of rotatable bonds is 60. The summed E-state index contributed by atoms with van der Waals surface area (Å²) in [6.07, 6.45) is 77.6. The molecule has 0 heterocycles. The molecule has 0 aromatic heterocycles. The molecule has 0 rings (SSSR count). The van der Waals surface area contributed by atoms with Crippen molar-refractivity contribution in [2.45, 2.75) is 360 Å². The Balaban J connectivity index is 3.43. The van der Waals surface area contributed by atoms with E-state index in [2.05, 4.69) is 43.5 Å². The van der Waals surface area contributed by atoms with Crippen molar-refractivity contribution in [3.63, 3.8) is 0 Å². The molecule has 2 atom stereocenters. The lowest BCUT2D eigenvalue weighted by molar-refractivity contribution is -0.143. The number of allylic oxidation sites excluding steroid dienone is 5. The van der Waals surface area contributed by atoms with E-state index in [9.17, 15) is 19.8 Å². The van der Waals surface area contributed by atoms with Crippen LogP contribution < -0.4 is 5.32 Å². The van der Waals surface area contributed by atoms with Crippen molar-refractivity contribution in [1.82, 2.24) is 5.32 Å². The van der Waals surface area contributed by atoms with Gasteiger partial charge in [0.2, 0.25) is 5.91 Å². The molecule has 0 aromatic carbocycles. The summed E-state index contributed by atoms with van der Waals surface area (Å²) in [5.41, 5.74) is 0. The van der Waals surface area contributed by atoms with Gasteiger partial charge >= 0.3 is 5.97 Å². The molecular formula is C66H125NO5. The van der Waals surface area contributed by atoms with Crippen LogP contribution >= 0.6 is 0 Å². The van der Waals surface area contributed by atoms with E-state index in [0.29, 0.717) is 19.4 Å². The van der Waals surface area contributed by atoms with Gasteiger partial charge in [0.05, 0.1) is 25.4 Å². The Morgan fingerprint density at radius 3 is 1.11 bits per heavy atom. The first-order chi connectivity index (χ1) is 35.5. The van der Waals surface area contributed by atoms with Crippen LogP contribution in [0.5, 0.6) is 0 Å². The largest absolute Gasteiger partial charge is 0.466 e. The number of esters is 1. The van der Waals surface area contributed by atoms with Crippen molar-refractivity contribution in [2.24, 2.45) is 0 Å². The Morgan fingerprint density at radius 2 is 0.722 bits per heavy atom. The van der Waals surface area contributed by atoms with E-state index < -0.39 is 12.1 Å². The van der Waals surface area contributed by atoms with Crippen LogP contribution in [0.15, 0.2) is 36.5 Å². The van der Waals surface area contributed by atoms with Crippen LogP contribution in [0.3, 0.4) is 0 Å². The maximum Gasteiger partial charge on any atom is 0.305 e. The highest BCUT2D eigenvalue weighted by molar-refractivity contribution is 5.76. The van der Waals surface area contributed by atoms with Gasteiger partial charge in [-0.25, -0.2) is 0 Å². The zero-order chi connectivity index (χ0) is 52.2. The van der Waals surface area contributed by atoms with Gasteiger partial charge in [-0.15, -0.1) is 0 Å². The summed E-state index contributed by atoms with van der Waals surface area (Å²) in [5.74, 6) is -0.0722. The van der Waals surface area contributed by atoms with Crippen molar-refractivity contribution >= 4 is 11.9 Å². The summed E-state index contributed by atoms with van der Waals surface area (Å²) in [6, 6.07) is -0.631. The number of carbonyl (C=O) groups is 2. The molecule has 1 amide bonds. The number of carbonyl (C=O) groups excluding carboxylic acids is 2. The van der Waals surface area contributed by atoms with Crippen molar-refractivity contribution in [3.8, 4) is 0 Å². The molecule has 3 N–H and O–H groups in total. The van der Waals surface area contributed by atoms with E-state index in [1.54, 1.807) is 6.08 Å². The van der Waals surface area contributed by atoms with Gasteiger partial charge in [0.1, 0.15) is 0 Å². The fourth-order valence-corrected chi connectivity index (χ4v) is 9.97. The number of amides is 1. The van der Waals surface area contributed by atoms with Gasteiger partial charge in [0.25, 0.3) is 0 Å². The highest BCUT2D eigenvalue weighted by Crippen LogP contribution is 2.18. The van der Waals surface area contributed by atoms with E-state index in [0.717, 1.165) is 51.4 Å². The molecule has 424 valence electrons. The molecule has 0 spiro atoms. The highest BCUT2D eigenvalue weighted by atomic mass is 16.5. The Labute approximate surface area is 449 Å². The number of hydrogen-bond donors (Lipinski definition) is 3. The quantitative estimate of drug-likeness (QED) is 0.0320. The molecule has 0 fully saturated rings. The van der Waals surface area contributed by atoms with Crippen molar-refractivity contribution in [1.29, 1.82) is 0 Å². The summed E-state index contributed by atoms with van der Waals surface area (Å²) in [6.45, 7) is 4.85. The Kier molecular flexibility index (Phi) is 60.0. The van der Waals surface area contributed by atoms with E-state index in [-0.39, 0.29) is 18.5 Å². The first kappa shape index (κ1) is 70.1. The summed E-state index contributed by atoms with van der Waals surface area (Å²) in [5, 5.41) is 23.2. The van der Waals surface area contributed by atoms with Gasteiger partial charge in [-0.05, 0) is 57.8 Å². The van der Waals surface area contributed by atoms with Gasteiger partial charge in [-0.3, -0.25) is 9.59 Å². The second-order valence-electron chi connectivity index (χ2n) is 22.1. The van der Waals surface area contributed by atoms with E-state index >= 15 is 0 Å². The van der Waals surface area contributed by atoms with E-state index in [4.69, 9.17) is 4.74 Å². The van der Waals surface area contributed by atoms with Crippen LogP contribution in [0.4, 0.5) is 0 Å². The molecule has 0 bridgehead atoms. The van der Waals surface area contributed by atoms with Crippen molar-refractivity contribution in [3.05, 3.63) is 36.5 Å². The minimum absolute atomic E-state index is 0.00514. The van der Waals surface area contributed by atoms with E-state index in [1.165, 1.54) is 270 Å². The summed E-state index contributed by atoms with van der Waals surface area (Å²) in [7, 11) is 0. The SMILES string of the molecule is CCC/C=C\C/C=C\CCCCCCCC(=O)OCCCCCCCCCCCCCCCCCCCCCCC(=O)NC(CO)C(O)/C=C/CCCCCCCCCCCCCCCCCCCCCC. The third-order valence-corrected chi connectivity index (χ3v) is 14.9. The first-order valence-electron chi connectivity index (χ1n) is 32.3. The van der Waals surface area contributed by atoms with Crippen molar-refractivity contribution < 1.29 is 24.5 Å². The van der Waals surface area contributed by atoms with Gasteiger partial charge < -0.3 is 20.3 Å². The summed E-state index contributed by atoms with van der Waals surface area (Å²) < 4.78 is 5.47. The maximum atomic E-state index is 12.5. The van der Waals surface area contributed by atoms with Crippen LogP contribution in [-0.2, 0) is 14.3 Å². The smallest absolute Gasteiger partial charge is 0.305 e. The predicted octanol–water partition coefficient (Wildman–Crippen LogP) is 20.4. The highest BCUT2D eigenvalue weighted by Gasteiger charge is 2.18. The van der Waals surface area contributed by atoms with Gasteiger partial charge in [0, 0.05) is 12.8 Å². The van der Waals surface area contributed by atoms with Gasteiger partial charge in [-0.1, -0.05) is 314 Å². The summed E-state index contributed by atoms with van der Waals surface area (Å²) >= 11 is 0. The zero-order valence-corrected chi connectivity index (χ0v) is 48.4. The van der Waals surface area contributed by atoms with Crippen LogP contribution in [0, 0.1) is 0 Å². The molecule has 0 saturated carbocycles. The normalized spacial score (nSPS) is 12.8. The van der Waals surface area contributed by atoms with E-state index in [1.807, 2.05) is 6.08 Å². The first-order valence-corrected chi connectivity index (χ1v) is 32.3. The molecule has 0 radical (unpaired) electrons. The number of hydrogen-bond acceptors (Lipinski definition) is 5. The minimum Gasteiger partial charge on any atom is -0.466 e. The number of unbranched alkanes of at least 4 members (excludes halogenated alkanes) is 45. The molecule has 0 aliphatic heterocycles. The Bertz CT molecular complexity index is 1170. The molecule has 0 aliphatic carbocycles. The number of aliphatic hydroxyl groups excluding tert-OH is 2. The lowest BCUT2D eigenvalue weighted by atomic mass is 10.0. The second kappa shape index (κ2) is 61.6. The lowest BCUT2D eigenvalue weighted by Gasteiger charge is -2.20. The zero-order valence-electron chi connectivity index (χ0n) is 48.4. The molecule has 0 aliphatic rings. The third kappa shape index (κ3) is 57.4. The topological polar surface area (TPSA) is 95.9 Å².